The largest absolute Gasteiger partial charge is 0.382 e. The summed E-state index contributed by atoms with van der Waals surface area (Å²) in [5.74, 6) is -0.410. The van der Waals surface area contributed by atoms with E-state index in [9.17, 15) is 18.0 Å². The number of anilines is 2. The Morgan fingerprint density at radius 2 is 1.94 bits per heavy atom. The minimum absolute atomic E-state index is 0.00428. The fourth-order valence-corrected chi connectivity index (χ4v) is 5.59. The van der Waals surface area contributed by atoms with Gasteiger partial charge in [-0.05, 0) is 39.0 Å². The van der Waals surface area contributed by atoms with Crippen molar-refractivity contribution in [3.63, 3.8) is 0 Å². The molecule has 1 aliphatic rings. The molecule has 1 fully saturated rings. The number of hydrogen-bond acceptors (Lipinski definition) is 7. The lowest BCUT2D eigenvalue weighted by atomic mass is 9.93. The minimum atomic E-state index is -3.69. The van der Waals surface area contributed by atoms with Gasteiger partial charge in [0.05, 0.1) is 27.3 Å². The summed E-state index contributed by atoms with van der Waals surface area (Å²) in [6.45, 7) is 6.75. The van der Waals surface area contributed by atoms with E-state index < -0.39 is 21.4 Å². The van der Waals surface area contributed by atoms with E-state index in [1.807, 2.05) is 0 Å². The van der Waals surface area contributed by atoms with Crippen molar-refractivity contribution in [3.8, 4) is 11.3 Å². The lowest BCUT2D eigenvalue weighted by Crippen LogP contribution is -2.67. The summed E-state index contributed by atoms with van der Waals surface area (Å²) < 4.78 is 26.9. The van der Waals surface area contributed by atoms with Gasteiger partial charge in [0.15, 0.2) is 15.7 Å². The van der Waals surface area contributed by atoms with Crippen LogP contribution in [-0.2, 0) is 19.4 Å². The van der Waals surface area contributed by atoms with E-state index in [4.69, 9.17) is 17.3 Å². The summed E-state index contributed by atoms with van der Waals surface area (Å²) in [4.78, 5) is 32.8. The Labute approximate surface area is 202 Å². The van der Waals surface area contributed by atoms with Gasteiger partial charge in [-0.2, -0.15) is 5.10 Å². The van der Waals surface area contributed by atoms with Crippen LogP contribution in [0.2, 0.25) is 5.02 Å². The first-order valence-corrected chi connectivity index (χ1v) is 12.8. The van der Waals surface area contributed by atoms with Crippen molar-refractivity contribution < 1.29 is 18.0 Å². The molecule has 0 spiro atoms. The van der Waals surface area contributed by atoms with Crippen LogP contribution in [0.25, 0.3) is 16.8 Å². The van der Waals surface area contributed by atoms with Crippen LogP contribution >= 0.6 is 11.6 Å². The first kappa shape index (κ1) is 24.0. The maximum absolute atomic E-state index is 13.6. The summed E-state index contributed by atoms with van der Waals surface area (Å²) in [5.41, 5.74) is 6.58. The van der Waals surface area contributed by atoms with E-state index in [0.717, 1.165) is 6.26 Å². The number of hydrogen-bond donors (Lipinski definition) is 1. The van der Waals surface area contributed by atoms with Gasteiger partial charge in [-0.1, -0.05) is 17.7 Å². The third-order valence-electron chi connectivity index (χ3n) is 6.13. The number of amides is 2. The maximum Gasteiger partial charge on any atom is 0.252 e. The van der Waals surface area contributed by atoms with Crippen LogP contribution in [-0.4, -0.2) is 64.1 Å². The summed E-state index contributed by atoms with van der Waals surface area (Å²) in [5, 5.41) is 4.57. The van der Waals surface area contributed by atoms with Crippen LogP contribution in [0.5, 0.6) is 0 Å². The zero-order valence-corrected chi connectivity index (χ0v) is 21.0. The van der Waals surface area contributed by atoms with Crippen molar-refractivity contribution in [2.45, 2.75) is 44.2 Å². The van der Waals surface area contributed by atoms with Crippen LogP contribution < -0.4 is 10.6 Å². The number of aromatic nitrogens is 3. The molecule has 2 aromatic heterocycles. The second kappa shape index (κ2) is 7.95. The predicted octanol–water partition coefficient (Wildman–Crippen LogP) is 2.40. The number of rotatable bonds is 3. The van der Waals surface area contributed by atoms with E-state index in [2.05, 4.69) is 10.1 Å². The number of sulfone groups is 1. The molecule has 0 radical (unpaired) electrons. The van der Waals surface area contributed by atoms with Crippen molar-refractivity contribution in [2.75, 3.05) is 23.4 Å². The van der Waals surface area contributed by atoms with Gasteiger partial charge in [0, 0.05) is 25.3 Å². The smallest absolute Gasteiger partial charge is 0.252 e. The van der Waals surface area contributed by atoms with Gasteiger partial charge in [0.2, 0.25) is 5.91 Å². The average molecular weight is 505 g/mol. The highest BCUT2D eigenvalue weighted by Crippen LogP contribution is 2.38. The van der Waals surface area contributed by atoms with Gasteiger partial charge in [-0.3, -0.25) is 9.59 Å². The normalized spacial score (nSPS) is 18.5. The number of benzene rings is 1. The highest BCUT2D eigenvalue weighted by atomic mass is 35.5. The van der Waals surface area contributed by atoms with Crippen molar-refractivity contribution in [1.29, 1.82) is 0 Å². The molecule has 1 saturated heterocycles. The molecule has 180 valence electrons. The molecule has 10 nitrogen and oxygen atoms in total. The van der Waals surface area contributed by atoms with Gasteiger partial charge < -0.3 is 15.5 Å². The van der Waals surface area contributed by atoms with Gasteiger partial charge in [0.1, 0.15) is 17.4 Å². The number of fused-ring (bicyclic) bond motifs is 1. The van der Waals surface area contributed by atoms with E-state index in [0.29, 0.717) is 21.8 Å². The molecule has 0 saturated carbocycles. The van der Waals surface area contributed by atoms with Crippen molar-refractivity contribution >= 4 is 50.3 Å². The first-order chi connectivity index (χ1) is 15.7. The van der Waals surface area contributed by atoms with Gasteiger partial charge in [-0.25, -0.2) is 17.9 Å². The molecule has 4 rings (SSSR count). The lowest BCUT2D eigenvalue weighted by Gasteiger charge is -2.49. The van der Waals surface area contributed by atoms with Crippen LogP contribution in [0.3, 0.4) is 0 Å². The Hall–Kier alpha value is -3.18. The van der Waals surface area contributed by atoms with Crippen LogP contribution in [0, 0.1) is 0 Å². The molecule has 2 amide bonds. The summed E-state index contributed by atoms with van der Waals surface area (Å²) in [7, 11) is -3.69. The van der Waals surface area contributed by atoms with Gasteiger partial charge in [-0.15, -0.1) is 0 Å². The Morgan fingerprint density at radius 1 is 1.26 bits per heavy atom. The molecule has 1 unspecified atom stereocenters. The third kappa shape index (κ3) is 3.68. The molecule has 0 aliphatic carbocycles. The third-order valence-corrected chi connectivity index (χ3v) is 7.57. The lowest BCUT2D eigenvalue weighted by molar-refractivity contribution is -0.146. The van der Waals surface area contributed by atoms with Crippen LogP contribution in [0.15, 0.2) is 35.5 Å². The number of nitrogen functional groups attached to an aromatic ring is 1. The number of carbonyl (C=O) groups is 2. The number of halogens is 1. The Morgan fingerprint density at radius 3 is 2.56 bits per heavy atom. The van der Waals surface area contributed by atoms with Crippen molar-refractivity contribution in [3.05, 3.63) is 35.6 Å². The minimum Gasteiger partial charge on any atom is -0.382 e. The number of nitrogens with two attached hydrogens (primary N) is 1. The highest BCUT2D eigenvalue weighted by Gasteiger charge is 2.47. The first-order valence-electron chi connectivity index (χ1n) is 10.5. The Balaban J connectivity index is 1.95. The molecule has 0 bridgehead atoms. The van der Waals surface area contributed by atoms with Crippen molar-refractivity contribution in [2.24, 2.45) is 0 Å². The number of piperazine rings is 1. The fourth-order valence-electron chi connectivity index (χ4n) is 4.46. The summed E-state index contributed by atoms with van der Waals surface area (Å²) >= 11 is 6.38. The maximum atomic E-state index is 13.6. The Bertz CT molecular complexity index is 1450. The summed E-state index contributed by atoms with van der Waals surface area (Å²) in [6, 6.07) is 5.90. The van der Waals surface area contributed by atoms with E-state index >= 15 is 0 Å². The van der Waals surface area contributed by atoms with Crippen LogP contribution in [0.4, 0.5) is 11.5 Å². The predicted molar refractivity (Wildman–Crippen MR) is 129 cm³/mol. The topological polar surface area (TPSA) is 131 Å². The molecule has 3 heterocycles. The second-order valence-corrected chi connectivity index (χ2v) is 11.3. The van der Waals surface area contributed by atoms with Gasteiger partial charge in [0.25, 0.3) is 5.91 Å². The molecular formula is C22H25ClN6O4S. The standard InChI is InChI=1S/C22H25ClN6O4S/c1-12-10-27(13(2)30)22(3,4)21(31)28(12)17-8-14(6-7-18(17)34(5,32)33)16-9-15(23)19-20(24)25-11-26-29(16)19/h6-9,11-12H,10H2,1-5H3,(H2,24,25,26). The van der Waals surface area contributed by atoms with Gasteiger partial charge >= 0.3 is 0 Å². The van der Waals surface area contributed by atoms with E-state index in [1.54, 1.807) is 39.0 Å². The molecule has 2 N–H and O–H groups in total. The summed E-state index contributed by atoms with van der Waals surface area (Å²) in [6.07, 6.45) is 2.39. The number of nitrogens with zero attached hydrogens (tertiary/aromatic N) is 5. The quantitative estimate of drug-likeness (QED) is 0.579. The molecule has 1 atom stereocenters. The van der Waals surface area contributed by atoms with E-state index in [-0.39, 0.29) is 34.8 Å². The van der Waals surface area contributed by atoms with Crippen molar-refractivity contribution in [1.82, 2.24) is 19.5 Å². The fraction of sp³-hybridized carbons (Fsp3) is 0.364. The Kier molecular flexibility index (Phi) is 5.60. The number of carbonyl (C=O) groups excluding carboxylic acids is 2. The monoisotopic (exact) mass is 504 g/mol. The highest BCUT2D eigenvalue weighted by molar-refractivity contribution is 7.90. The molecular weight excluding hydrogens is 480 g/mol. The second-order valence-electron chi connectivity index (χ2n) is 8.95. The van der Waals surface area contributed by atoms with Crippen LogP contribution in [0.1, 0.15) is 27.7 Å². The molecule has 1 aliphatic heterocycles. The molecule has 1 aromatic carbocycles. The van der Waals surface area contributed by atoms with E-state index in [1.165, 1.54) is 33.6 Å². The zero-order chi connectivity index (χ0) is 25.2. The molecule has 12 heteroatoms. The average Bonchev–Trinajstić information content (AvgIpc) is 3.08. The molecule has 3 aromatic rings. The zero-order valence-electron chi connectivity index (χ0n) is 19.4. The molecule has 34 heavy (non-hydrogen) atoms. The SMILES string of the molecule is CC(=O)N1CC(C)N(c2cc(-c3cc(Cl)c4c(N)ncnn34)ccc2S(C)(=O)=O)C(=O)C1(C)C.